The lowest BCUT2D eigenvalue weighted by Crippen LogP contribution is -2.28. The van der Waals surface area contributed by atoms with Gasteiger partial charge in [0.05, 0.1) is 31.9 Å². The highest BCUT2D eigenvalue weighted by Crippen LogP contribution is 2.38. The molecule has 0 aliphatic rings. The zero-order chi connectivity index (χ0) is 19.8. The van der Waals surface area contributed by atoms with Crippen LogP contribution in [0.1, 0.15) is 15.9 Å². The standard InChI is InChI=1S/C19H20ClNO6/c1-24-15-8-12(9-16(25-2)18(15)26-3)10-21-17(22)11-27-19(23)13-6-4-5-7-14(13)20/h4-9H,10-11H2,1-3H3,(H,21,22). The summed E-state index contributed by atoms with van der Waals surface area (Å²) in [5, 5.41) is 2.92. The molecule has 0 heterocycles. The first-order chi connectivity index (χ1) is 13.0. The Morgan fingerprint density at radius 1 is 1.00 bits per heavy atom. The average molecular weight is 394 g/mol. The molecule has 0 radical (unpaired) electrons. The van der Waals surface area contributed by atoms with Gasteiger partial charge in [0, 0.05) is 6.54 Å². The molecule has 0 aromatic heterocycles. The van der Waals surface area contributed by atoms with Crippen molar-refractivity contribution in [1.29, 1.82) is 0 Å². The molecule has 1 N–H and O–H groups in total. The van der Waals surface area contributed by atoms with Crippen molar-refractivity contribution in [1.82, 2.24) is 5.32 Å². The lowest BCUT2D eigenvalue weighted by molar-refractivity contribution is -0.124. The topological polar surface area (TPSA) is 83.1 Å². The van der Waals surface area contributed by atoms with E-state index in [1.54, 1.807) is 30.3 Å². The molecule has 1 amide bonds. The van der Waals surface area contributed by atoms with E-state index < -0.39 is 18.5 Å². The van der Waals surface area contributed by atoms with Crippen molar-refractivity contribution in [3.05, 3.63) is 52.5 Å². The molecular formula is C19H20ClNO6. The number of carbonyl (C=O) groups excluding carboxylic acids is 2. The van der Waals surface area contributed by atoms with E-state index in [0.717, 1.165) is 5.56 Å². The number of benzene rings is 2. The Hall–Kier alpha value is -2.93. The normalized spacial score (nSPS) is 10.1. The highest BCUT2D eigenvalue weighted by Gasteiger charge is 2.15. The Bertz CT molecular complexity index is 799. The minimum atomic E-state index is -0.663. The molecule has 0 saturated carbocycles. The number of esters is 1. The Kier molecular flexibility index (Phi) is 7.31. The summed E-state index contributed by atoms with van der Waals surface area (Å²) >= 11 is 5.92. The molecule has 0 aliphatic carbocycles. The highest BCUT2D eigenvalue weighted by molar-refractivity contribution is 6.33. The van der Waals surface area contributed by atoms with E-state index >= 15 is 0 Å². The van der Waals surface area contributed by atoms with Gasteiger partial charge in [-0.1, -0.05) is 23.7 Å². The number of hydrogen-bond acceptors (Lipinski definition) is 6. The summed E-state index contributed by atoms with van der Waals surface area (Å²) in [7, 11) is 4.52. The summed E-state index contributed by atoms with van der Waals surface area (Å²) in [5.41, 5.74) is 0.937. The predicted molar refractivity (Wildman–Crippen MR) is 99.7 cm³/mol. The van der Waals surface area contributed by atoms with Gasteiger partial charge in [0.2, 0.25) is 5.75 Å². The molecule has 0 spiro atoms. The maximum atomic E-state index is 12.0. The van der Waals surface area contributed by atoms with Crippen LogP contribution in [0.25, 0.3) is 0 Å². The maximum Gasteiger partial charge on any atom is 0.340 e. The first-order valence-corrected chi connectivity index (χ1v) is 8.35. The largest absolute Gasteiger partial charge is 0.493 e. The van der Waals surface area contributed by atoms with Crippen LogP contribution < -0.4 is 19.5 Å². The van der Waals surface area contributed by atoms with Crippen LogP contribution in [0.2, 0.25) is 5.02 Å². The van der Waals surface area contributed by atoms with Crippen molar-refractivity contribution in [2.24, 2.45) is 0 Å². The van der Waals surface area contributed by atoms with Crippen LogP contribution in [-0.2, 0) is 16.1 Å². The second kappa shape index (κ2) is 9.68. The number of methoxy groups -OCH3 is 3. The Morgan fingerprint density at radius 3 is 2.19 bits per heavy atom. The minimum Gasteiger partial charge on any atom is -0.493 e. The highest BCUT2D eigenvalue weighted by atomic mass is 35.5. The zero-order valence-electron chi connectivity index (χ0n) is 15.2. The SMILES string of the molecule is COc1cc(CNC(=O)COC(=O)c2ccccc2Cl)cc(OC)c1OC. The maximum absolute atomic E-state index is 12.0. The van der Waals surface area contributed by atoms with E-state index in [-0.39, 0.29) is 17.1 Å². The molecule has 0 bridgehead atoms. The Balaban J connectivity index is 1.94. The third-order valence-corrected chi connectivity index (χ3v) is 3.97. The van der Waals surface area contributed by atoms with Crippen molar-refractivity contribution in [3.63, 3.8) is 0 Å². The molecule has 27 heavy (non-hydrogen) atoms. The van der Waals surface area contributed by atoms with Crippen LogP contribution in [0.5, 0.6) is 17.2 Å². The van der Waals surface area contributed by atoms with E-state index in [9.17, 15) is 9.59 Å². The summed E-state index contributed by atoms with van der Waals surface area (Å²) in [4.78, 5) is 23.9. The van der Waals surface area contributed by atoms with Gasteiger partial charge in [0.1, 0.15) is 0 Å². The molecule has 8 heteroatoms. The van der Waals surface area contributed by atoms with Crippen LogP contribution in [0.3, 0.4) is 0 Å². The lowest BCUT2D eigenvalue weighted by atomic mass is 10.1. The van der Waals surface area contributed by atoms with E-state index in [0.29, 0.717) is 17.2 Å². The molecule has 0 aliphatic heterocycles. The summed E-state index contributed by atoms with van der Waals surface area (Å²) < 4.78 is 20.8. The third kappa shape index (κ3) is 5.27. The summed E-state index contributed by atoms with van der Waals surface area (Å²) in [6.07, 6.45) is 0. The third-order valence-electron chi connectivity index (χ3n) is 3.64. The van der Waals surface area contributed by atoms with Crippen LogP contribution in [-0.4, -0.2) is 39.8 Å². The fraction of sp³-hybridized carbons (Fsp3) is 0.263. The number of ether oxygens (including phenoxy) is 4. The van der Waals surface area contributed by atoms with Crippen LogP contribution in [0.15, 0.2) is 36.4 Å². The molecular weight excluding hydrogens is 374 g/mol. The van der Waals surface area contributed by atoms with Gasteiger partial charge in [-0.25, -0.2) is 4.79 Å². The summed E-state index contributed by atoms with van der Waals surface area (Å²) in [5.74, 6) is 0.300. The molecule has 0 unspecified atom stereocenters. The monoisotopic (exact) mass is 393 g/mol. The second-order valence-corrected chi connectivity index (χ2v) is 5.77. The minimum absolute atomic E-state index is 0.194. The summed E-state index contributed by atoms with van der Waals surface area (Å²) in [6.45, 7) is -0.228. The lowest BCUT2D eigenvalue weighted by Gasteiger charge is -2.14. The second-order valence-electron chi connectivity index (χ2n) is 5.37. The number of hydrogen-bond donors (Lipinski definition) is 1. The smallest absolute Gasteiger partial charge is 0.340 e. The molecule has 2 rings (SSSR count). The number of rotatable bonds is 8. The van der Waals surface area contributed by atoms with Gasteiger partial charge in [-0.05, 0) is 29.8 Å². The molecule has 0 fully saturated rings. The molecule has 0 atom stereocenters. The fourth-order valence-electron chi connectivity index (χ4n) is 2.32. The molecule has 7 nitrogen and oxygen atoms in total. The molecule has 144 valence electrons. The van der Waals surface area contributed by atoms with Gasteiger partial charge in [-0.15, -0.1) is 0 Å². The van der Waals surface area contributed by atoms with Gasteiger partial charge in [0.25, 0.3) is 5.91 Å². The van der Waals surface area contributed by atoms with Gasteiger partial charge >= 0.3 is 5.97 Å². The molecule has 0 saturated heterocycles. The number of halogens is 1. The van der Waals surface area contributed by atoms with Crippen LogP contribution in [0.4, 0.5) is 0 Å². The summed E-state index contributed by atoms with van der Waals surface area (Å²) in [6, 6.07) is 9.89. The molecule has 2 aromatic rings. The van der Waals surface area contributed by atoms with Gasteiger partial charge < -0.3 is 24.3 Å². The number of amides is 1. The van der Waals surface area contributed by atoms with Crippen molar-refractivity contribution in [3.8, 4) is 17.2 Å². The average Bonchev–Trinajstić information content (AvgIpc) is 2.69. The van der Waals surface area contributed by atoms with Crippen molar-refractivity contribution < 1.29 is 28.5 Å². The number of nitrogens with one attached hydrogen (secondary N) is 1. The van der Waals surface area contributed by atoms with Gasteiger partial charge in [-0.3, -0.25) is 4.79 Å². The quantitative estimate of drug-likeness (QED) is 0.694. The van der Waals surface area contributed by atoms with Crippen molar-refractivity contribution in [2.45, 2.75) is 6.54 Å². The van der Waals surface area contributed by atoms with E-state index in [1.165, 1.54) is 27.4 Å². The van der Waals surface area contributed by atoms with Gasteiger partial charge in [-0.2, -0.15) is 0 Å². The Morgan fingerprint density at radius 2 is 1.63 bits per heavy atom. The van der Waals surface area contributed by atoms with Crippen LogP contribution in [0, 0.1) is 0 Å². The van der Waals surface area contributed by atoms with Gasteiger partial charge in [0.15, 0.2) is 18.1 Å². The zero-order valence-corrected chi connectivity index (χ0v) is 16.0. The Labute approximate surface area is 162 Å². The van der Waals surface area contributed by atoms with Crippen molar-refractivity contribution in [2.75, 3.05) is 27.9 Å². The van der Waals surface area contributed by atoms with E-state index in [2.05, 4.69) is 5.32 Å². The first-order valence-electron chi connectivity index (χ1n) is 7.97. The van der Waals surface area contributed by atoms with Crippen LogP contribution >= 0.6 is 11.6 Å². The predicted octanol–water partition coefficient (Wildman–Crippen LogP) is 2.84. The molecule has 2 aromatic carbocycles. The van der Waals surface area contributed by atoms with E-state index in [4.69, 9.17) is 30.5 Å². The van der Waals surface area contributed by atoms with Crippen molar-refractivity contribution >= 4 is 23.5 Å². The number of carbonyl (C=O) groups is 2. The fourth-order valence-corrected chi connectivity index (χ4v) is 2.54. The first kappa shape index (κ1) is 20.4. The van der Waals surface area contributed by atoms with E-state index in [1.807, 2.05) is 0 Å².